The van der Waals surface area contributed by atoms with Crippen LogP contribution in [0.1, 0.15) is 30.2 Å². The van der Waals surface area contributed by atoms with Crippen molar-refractivity contribution in [2.24, 2.45) is 0 Å². The normalized spacial score (nSPS) is 10.5. The summed E-state index contributed by atoms with van der Waals surface area (Å²) in [5, 5.41) is 16.8. The number of hydrogen-bond donors (Lipinski definition) is 1. The molecule has 2 aromatic rings. The molecule has 0 amide bonds. The van der Waals surface area contributed by atoms with Gasteiger partial charge < -0.3 is 0 Å². The minimum atomic E-state index is -0.239. The molecule has 0 radical (unpaired) electrons. The lowest BCUT2D eigenvalue weighted by Crippen LogP contribution is -2.17. The van der Waals surface area contributed by atoms with Crippen molar-refractivity contribution in [3.63, 3.8) is 0 Å². The Morgan fingerprint density at radius 3 is 2.90 bits per heavy atom. The zero-order valence-corrected chi connectivity index (χ0v) is 12.4. The van der Waals surface area contributed by atoms with E-state index >= 15 is 0 Å². The molecule has 0 fully saturated rings. The lowest BCUT2D eigenvalue weighted by molar-refractivity contribution is 0.603. The second-order valence-electron chi connectivity index (χ2n) is 4.44. The molecule has 20 heavy (non-hydrogen) atoms. The minimum Gasteiger partial charge on any atom is -0.270 e. The molecule has 0 saturated carbocycles. The van der Waals surface area contributed by atoms with E-state index < -0.39 is 0 Å². The van der Waals surface area contributed by atoms with Crippen LogP contribution >= 0.6 is 11.8 Å². The summed E-state index contributed by atoms with van der Waals surface area (Å²) < 4.78 is 1.56. The molecule has 0 saturated heterocycles. The molecule has 0 aliphatic heterocycles. The molecule has 1 N–H and O–H groups in total. The third kappa shape index (κ3) is 2.75. The van der Waals surface area contributed by atoms with Crippen molar-refractivity contribution >= 4 is 11.8 Å². The van der Waals surface area contributed by atoms with Crippen molar-refractivity contribution < 1.29 is 0 Å². The highest BCUT2D eigenvalue weighted by Gasteiger charge is 2.15. The molecular weight excluding hydrogens is 274 g/mol. The Labute approximate surface area is 120 Å². The Balaban J connectivity index is 2.45. The standard InChI is InChI=1S/C13H15N5OS/c1-4-5-18-12(19)16-17-13(18)20-11-10(7-14)8(2)6-9(3)15-11/h6H,4-5H2,1-3H3,(H,16,19). The van der Waals surface area contributed by atoms with E-state index in [1.807, 2.05) is 26.8 Å². The van der Waals surface area contributed by atoms with Crippen molar-refractivity contribution in [2.75, 3.05) is 0 Å². The predicted octanol–water partition coefficient (Wildman–Crippen LogP) is 2.02. The Hall–Kier alpha value is -2.07. The quantitative estimate of drug-likeness (QED) is 0.930. The van der Waals surface area contributed by atoms with Crippen LogP contribution in [0.2, 0.25) is 0 Å². The number of pyridine rings is 1. The van der Waals surface area contributed by atoms with Gasteiger partial charge in [0.2, 0.25) is 0 Å². The first-order chi connectivity index (χ1) is 9.56. The minimum absolute atomic E-state index is 0.239. The molecular formula is C13H15N5OS. The maximum atomic E-state index is 11.7. The SMILES string of the molecule is CCCn1c(Sc2nc(C)cc(C)c2C#N)n[nH]c1=O. The topological polar surface area (TPSA) is 87.4 Å². The average molecular weight is 289 g/mol. The molecule has 0 aliphatic rings. The van der Waals surface area contributed by atoms with Gasteiger partial charge in [0.05, 0.1) is 5.56 Å². The van der Waals surface area contributed by atoms with Gasteiger partial charge in [-0.2, -0.15) is 5.26 Å². The number of aryl methyl sites for hydroxylation is 2. The first kappa shape index (κ1) is 14.3. The number of aromatic nitrogens is 4. The van der Waals surface area contributed by atoms with Crippen molar-refractivity contribution in [1.29, 1.82) is 5.26 Å². The number of rotatable bonds is 4. The summed E-state index contributed by atoms with van der Waals surface area (Å²) in [5.41, 5.74) is 2.00. The van der Waals surface area contributed by atoms with E-state index in [9.17, 15) is 10.1 Å². The Morgan fingerprint density at radius 1 is 1.50 bits per heavy atom. The predicted molar refractivity (Wildman–Crippen MR) is 75.7 cm³/mol. The number of aromatic amines is 1. The molecule has 0 atom stereocenters. The summed E-state index contributed by atoms with van der Waals surface area (Å²) >= 11 is 1.24. The second kappa shape index (κ2) is 5.92. The molecule has 2 heterocycles. The van der Waals surface area contributed by atoms with Gasteiger partial charge in [-0.3, -0.25) is 4.57 Å². The van der Waals surface area contributed by atoms with Gasteiger partial charge in [-0.05, 0) is 43.7 Å². The summed E-state index contributed by atoms with van der Waals surface area (Å²) in [6.45, 7) is 6.33. The van der Waals surface area contributed by atoms with E-state index in [1.54, 1.807) is 4.57 Å². The van der Waals surface area contributed by atoms with E-state index in [0.717, 1.165) is 17.7 Å². The third-order valence-electron chi connectivity index (χ3n) is 2.78. The molecule has 0 aromatic carbocycles. The molecule has 6 nitrogen and oxygen atoms in total. The van der Waals surface area contributed by atoms with Crippen molar-refractivity contribution in [2.45, 2.75) is 43.9 Å². The fourth-order valence-electron chi connectivity index (χ4n) is 1.90. The van der Waals surface area contributed by atoms with Crippen LogP contribution in [0.4, 0.5) is 0 Å². The van der Waals surface area contributed by atoms with Crippen LogP contribution in [0.15, 0.2) is 21.0 Å². The summed E-state index contributed by atoms with van der Waals surface area (Å²) in [6.07, 6.45) is 0.832. The van der Waals surface area contributed by atoms with Crippen molar-refractivity contribution in [3.8, 4) is 6.07 Å². The highest BCUT2D eigenvalue weighted by Crippen LogP contribution is 2.28. The number of nitrogens with one attached hydrogen (secondary N) is 1. The van der Waals surface area contributed by atoms with Gasteiger partial charge in [0, 0.05) is 12.2 Å². The highest BCUT2D eigenvalue weighted by atomic mass is 32.2. The lowest BCUT2D eigenvalue weighted by Gasteiger charge is -2.07. The van der Waals surface area contributed by atoms with Crippen molar-refractivity contribution in [1.82, 2.24) is 19.7 Å². The Kier molecular flexibility index (Phi) is 4.25. The van der Waals surface area contributed by atoms with Gasteiger partial charge in [-0.25, -0.2) is 14.9 Å². The van der Waals surface area contributed by atoms with Gasteiger partial charge in [0.15, 0.2) is 5.16 Å². The fourth-order valence-corrected chi connectivity index (χ4v) is 2.95. The molecule has 2 aromatic heterocycles. The summed E-state index contributed by atoms with van der Waals surface area (Å²) in [4.78, 5) is 16.0. The van der Waals surface area contributed by atoms with Gasteiger partial charge in [0.25, 0.3) is 0 Å². The molecule has 0 unspecified atom stereocenters. The summed E-state index contributed by atoms with van der Waals surface area (Å²) in [7, 11) is 0. The Morgan fingerprint density at radius 2 is 2.25 bits per heavy atom. The van der Waals surface area contributed by atoms with Crippen LogP contribution in [0.3, 0.4) is 0 Å². The van der Waals surface area contributed by atoms with Crippen molar-refractivity contribution in [3.05, 3.63) is 33.4 Å². The summed E-state index contributed by atoms with van der Waals surface area (Å²) in [5.74, 6) is 0. The number of nitriles is 1. The van der Waals surface area contributed by atoms with Crippen LogP contribution in [0, 0.1) is 25.2 Å². The second-order valence-corrected chi connectivity index (χ2v) is 5.39. The largest absolute Gasteiger partial charge is 0.343 e. The van der Waals surface area contributed by atoms with Crippen LogP contribution < -0.4 is 5.69 Å². The molecule has 0 spiro atoms. The smallest absolute Gasteiger partial charge is 0.270 e. The van der Waals surface area contributed by atoms with E-state index in [2.05, 4.69) is 21.3 Å². The van der Waals surface area contributed by atoms with Gasteiger partial charge in [0.1, 0.15) is 11.1 Å². The highest BCUT2D eigenvalue weighted by molar-refractivity contribution is 7.99. The van der Waals surface area contributed by atoms with E-state index in [-0.39, 0.29) is 5.69 Å². The first-order valence-corrected chi connectivity index (χ1v) is 7.09. The van der Waals surface area contributed by atoms with Gasteiger partial charge in [-0.1, -0.05) is 6.92 Å². The molecule has 7 heteroatoms. The number of H-pyrrole nitrogens is 1. The fraction of sp³-hybridized carbons (Fsp3) is 0.385. The molecule has 2 rings (SSSR count). The maximum Gasteiger partial charge on any atom is 0.343 e. The third-order valence-corrected chi connectivity index (χ3v) is 3.76. The number of hydrogen-bond acceptors (Lipinski definition) is 5. The Bertz CT molecular complexity index is 725. The zero-order chi connectivity index (χ0) is 14.7. The van der Waals surface area contributed by atoms with E-state index in [1.165, 1.54) is 11.8 Å². The zero-order valence-electron chi connectivity index (χ0n) is 11.6. The van der Waals surface area contributed by atoms with Crippen LogP contribution in [0.5, 0.6) is 0 Å². The van der Waals surface area contributed by atoms with Crippen LogP contribution in [-0.2, 0) is 6.54 Å². The monoisotopic (exact) mass is 289 g/mol. The van der Waals surface area contributed by atoms with E-state index in [4.69, 9.17) is 0 Å². The molecule has 0 aliphatic carbocycles. The summed E-state index contributed by atoms with van der Waals surface area (Å²) in [6, 6.07) is 4.03. The maximum absolute atomic E-state index is 11.7. The van der Waals surface area contributed by atoms with Crippen LogP contribution in [0.25, 0.3) is 0 Å². The van der Waals surface area contributed by atoms with Crippen LogP contribution in [-0.4, -0.2) is 19.7 Å². The number of nitrogens with zero attached hydrogens (tertiary/aromatic N) is 4. The molecule has 0 bridgehead atoms. The lowest BCUT2D eigenvalue weighted by atomic mass is 10.1. The van der Waals surface area contributed by atoms with Gasteiger partial charge in [-0.15, -0.1) is 5.10 Å². The average Bonchev–Trinajstić information content (AvgIpc) is 2.72. The first-order valence-electron chi connectivity index (χ1n) is 6.28. The molecule has 104 valence electrons. The van der Waals surface area contributed by atoms with E-state index in [0.29, 0.717) is 22.3 Å². The van der Waals surface area contributed by atoms with Gasteiger partial charge >= 0.3 is 5.69 Å².